The Kier molecular flexibility index (Phi) is 5.78. The second-order valence-corrected chi connectivity index (χ2v) is 11.1. The number of Topliss-reactive ketones (excluding diaryl/α,β-unsaturated/α-hetero) is 1. The van der Waals surface area contributed by atoms with Gasteiger partial charge in [0, 0.05) is 19.8 Å². The van der Waals surface area contributed by atoms with Crippen LogP contribution in [0.15, 0.2) is 0 Å². The lowest BCUT2D eigenvalue weighted by Crippen LogP contribution is -2.54. The first-order valence-corrected chi connectivity index (χ1v) is 12.0. The van der Waals surface area contributed by atoms with Crippen LogP contribution in [0.5, 0.6) is 0 Å². The predicted molar refractivity (Wildman–Crippen MR) is 112 cm³/mol. The molecule has 4 fully saturated rings. The standard InChI is InChI=1S/C25H38O5/c1-15(26)29-14-23(28)22-8-7-20-19-6-5-17-13-18(30-16(2)27)9-11-24(17,3)21(19)10-12-25(20,22)4/h17-22H,5-14H2,1-4H3/t17-,18-,19-,20-,21-,22+,24-,25-/m0/s1. The Bertz CT molecular complexity index is 716. The summed E-state index contributed by atoms with van der Waals surface area (Å²) in [5.74, 6) is 2.29. The van der Waals surface area contributed by atoms with E-state index in [-0.39, 0.29) is 41.8 Å². The van der Waals surface area contributed by atoms with Crippen LogP contribution in [0.25, 0.3) is 0 Å². The van der Waals surface area contributed by atoms with E-state index >= 15 is 0 Å². The van der Waals surface area contributed by atoms with E-state index in [4.69, 9.17) is 9.47 Å². The zero-order chi connectivity index (χ0) is 21.7. The maximum Gasteiger partial charge on any atom is 0.303 e. The molecule has 4 aliphatic carbocycles. The van der Waals surface area contributed by atoms with Crippen molar-refractivity contribution in [2.75, 3.05) is 6.61 Å². The quantitative estimate of drug-likeness (QED) is 0.619. The molecule has 0 amide bonds. The van der Waals surface area contributed by atoms with Gasteiger partial charge in [-0.2, -0.15) is 0 Å². The lowest BCUT2D eigenvalue weighted by atomic mass is 9.44. The Morgan fingerprint density at radius 2 is 1.53 bits per heavy atom. The smallest absolute Gasteiger partial charge is 0.303 e. The number of ketones is 1. The summed E-state index contributed by atoms with van der Waals surface area (Å²) in [4.78, 5) is 35.5. The van der Waals surface area contributed by atoms with Crippen LogP contribution in [0.1, 0.15) is 85.5 Å². The largest absolute Gasteiger partial charge is 0.463 e. The van der Waals surface area contributed by atoms with Gasteiger partial charge in [-0.05, 0) is 92.3 Å². The van der Waals surface area contributed by atoms with E-state index < -0.39 is 0 Å². The first-order chi connectivity index (χ1) is 14.1. The van der Waals surface area contributed by atoms with Crippen LogP contribution in [0.3, 0.4) is 0 Å². The van der Waals surface area contributed by atoms with Gasteiger partial charge in [0.2, 0.25) is 0 Å². The normalized spacial score (nSPS) is 44.9. The highest BCUT2D eigenvalue weighted by molar-refractivity contribution is 5.85. The third-order valence-corrected chi connectivity index (χ3v) is 9.76. The van der Waals surface area contributed by atoms with Crippen LogP contribution in [-0.4, -0.2) is 30.4 Å². The van der Waals surface area contributed by atoms with Crippen molar-refractivity contribution in [3.8, 4) is 0 Å². The fraction of sp³-hybridized carbons (Fsp3) is 0.880. The van der Waals surface area contributed by atoms with E-state index in [2.05, 4.69) is 13.8 Å². The molecule has 5 heteroatoms. The van der Waals surface area contributed by atoms with Gasteiger partial charge in [0.15, 0.2) is 5.78 Å². The van der Waals surface area contributed by atoms with Crippen molar-refractivity contribution in [3.05, 3.63) is 0 Å². The first kappa shape index (κ1) is 21.8. The number of esters is 2. The zero-order valence-electron chi connectivity index (χ0n) is 19.1. The van der Waals surface area contributed by atoms with Crippen molar-refractivity contribution in [1.29, 1.82) is 0 Å². The Labute approximate surface area is 180 Å². The van der Waals surface area contributed by atoms with Gasteiger partial charge < -0.3 is 9.47 Å². The number of rotatable bonds is 4. The molecule has 0 bridgehead atoms. The maximum atomic E-state index is 12.9. The van der Waals surface area contributed by atoms with Crippen molar-refractivity contribution in [1.82, 2.24) is 0 Å². The molecule has 0 aliphatic heterocycles. The number of ether oxygens (including phenoxy) is 2. The third kappa shape index (κ3) is 3.60. The van der Waals surface area contributed by atoms with Crippen LogP contribution in [-0.2, 0) is 23.9 Å². The van der Waals surface area contributed by atoms with Gasteiger partial charge in [0.05, 0.1) is 0 Å². The summed E-state index contributed by atoms with van der Waals surface area (Å²) in [6, 6.07) is 0. The first-order valence-electron chi connectivity index (χ1n) is 12.0. The summed E-state index contributed by atoms with van der Waals surface area (Å²) in [6.45, 7) is 7.66. The Morgan fingerprint density at radius 3 is 2.23 bits per heavy atom. The van der Waals surface area contributed by atoms with E-state index in [1.165, 1.54) is 33.1 Å². The van der Waals surface area contributed by atoms with E-state index in [0.717, 1.165) is 44.4 Å². The molecule has 0 unspecified atom stereocenters. The van der Waals surface area contributed by atoms with Gasteiger partial charge in [0.25, 0.3) is 0 Å². The monoisotopic (exact) mass is 418 g/mol. The van der Waals surface area contributed by atoms with Gasteiger partial charge in [-0.1, -0.05) is 13.8 Å². The molecular formula is C25H38O5. The molecule has 30 heavy (non-hydrogen) atoms. The summed E-state index contributed by atoms with van der Waals surface area (Å²) in [5, 5.41) is 0. The molecule has 4 rings (SSSR count). The average molecular weight is 419 g/mol. The highest BCUT2D eigenvalue weighted by Crippen LogP contribution is 2.67. The molecule has 0 saturated heterocycles. The fourth-order valence-corrected chi connectivity index (χ4v) is 8.36. The van der Waals surface area contributed by atoms with E-state index in [0.29, 0.717) is 23.2 Å². The predicted octanol–water partition coefficient (Wildman–Crippen LogP) is 4.71. The third-order valence-electron chi connectivity index (χ3n) is 9.76. The molecule has 168 valence electrons. The molecule has 5 nitrogen and oxygen atoms in total. The van der Waals surface area contributed by atoms with Gasteiger partial charge in [-0.3, -0.25) is 14.4 Å². The fourth-order valence-electron chi connectivity index (χ4n) is 8.36. The number of carbonyl (C=O) groups is 3. The molecule has 0 spiro atoms. The average Bonchev–Trinajstić information content (AvgIpc) is 3.03. The minimum Gasteiger partial charge on any atom is -0.463 e. The van der Waals surface area contributed by atoms with Crippen LogP contribution in [0.4, 0.5) is 0 Å². The number of hydrogen-bond donors (Lipinski definition) is 0. The van der Waals surface area contributed by atoms with Crippen molar-refractivity contribution in [3.63, 3.8) is 0 Å². The lowest BCUT2D eigenvalue weighted by Gasteiger charge is -2.61. The van der Waals surface area contributed by atoms with Gasteiger partial charge >= 0.3 is 11.9 Å². The van der Waals surface area contributed by atoms with Crippen LogP contribution >= 0.6 is 0 Å². The lowest BCUT2D eigenvalue weighted by molar-refractivity contribution is -0.161. The topological polar surface area (TPSA) is 69.7 Å². The second kappa shape index (κ2) is 7.94. The maximum absolute atomic E-state index is 12.9. The number of fused-ring (bicyclic) bond motifs is 5. The Hall–Kier alpha value is -1.39. The second-order valence-electron chi connectivity index (χ2n) is 11.1. The van der Waals surface area contributed by atoms with Crippen molar-refractivity contribution in [2.24, 2.45) is 40.4 Å². The molecular weight excluding hydrogens is 380 g/mol. The number of carbonyl (C=O) groups excluding carboxylic acids is 3. The molecule has 4 aliphatic rings. The SMILES string of the molecule is CC(=O)OCC(=O)[C@H]1CC[C@H]2[C@@H]3CC[C@H]4C[C@@H](OC(C)=O)CC[C@]4(C)[C@H]3CC[C@]12C. The zero-order valence-corrected chi connectivity index (χ0v) is 19.1. The molecule has 0 heterocycles. The Morgan fingerprint density at radius 1 is 0.833 bits per heavy atom. The van der Waals surface area contributed by atoms with Crippen molar-refractivity contribution in [2.45, 2.75) is 91.6 Å². The van der Waals surface area contributed by atoms with E-state index in [9.17, 15) is 14.4 Å². The van der Waals surface area contributed by atoms with E-state index in [1.54, 1.807) is 0 Å². The summed E-state index contributed by atoms with van der Waals surface area (Å²) < 4.78 is 10.6. The molecule has 0 N–H and O–H groups in total. The summed E-state index contributed by atoms with van der Waals surface area (Å²) in [7, 11) is 0. The minimum atomic E-state index is -0.373. The van der Waals surface area contributed by atoms with Crippen LogP contribution in [0.2, 0.25) is 0 Å². The van der Waals surface area contributed by atoms with Gasteiger partial charge in [0.1, 0.15) is 12.7 Å². The molecule has 8 atom stereocenters. The summed E-state index contributed by atoms with van der Waals surface area (Å²) in [6.07, 6.45) is 10.1. The number of hydrogen-bond acceptors (Lipinski definition) is 5. The van der Waals surface area contributed by atoms with Crippen molar-refractivity contribution >= 4 is 17.7 Å². The van der Waals surface area contributed by atoms with Gasteiger partial charge in [-0.15, -0.1) is 0 Å². The highest BCUT2D eigenvalue weighted by Gasteiger charge is 2.61. The molecule has 0 aromatic heterocycles. The summed E-state index contributed by atoms with van der Waals surface area (Å²) >= 11 is 0. The van der Waals surface area contributed by atoms with Crippen molar-refractivity contribution < 1.29 is 23.9 Å². The Balaban J connectivity index is 1.48. The summed E-state index contributed by atoms with van der Waals surface area (Å²) in [5.41, 5.74) is 0.386. The van der Waals surface area contributed by atoms with Crippen LogP contribution < -0.4 is 0 Å². The van der Waals surface area contributed by atoms with E-state index in [1.807, 2.05) is 0 Å². The molecule has 4 saturated carbocycles. The van der Waals surface area contributed by atoms with Gasteiger partial charge in [-0.25, -0.2) is 0 Å². The molecule has 0 aromatic rings. The highest BCUT2D eigenvalue weighted by atomic mass is 16.5. The molecule has 0 radical (unpaired) electrons. The minimum absolute atomic E-state index is 0.0352. The molecule has 0 aromatic carbocycles. The van der Waals surface area contributed by atoms with Crippen LogP contribution in [0, 0.1) is 40.4 Å².